The predicted octanol–water partition coefficient (Wildman–Crippen LogP) is 5.60. The molecule has 0 aliphatic rings. The Balaban J connectivity index is 2.26. The molecule has 0 aliphatic carbocycles. The number of benzene rings is 2. The Morgan fingerprint density at radius 2 is 1.62 bits per heavy atom. The van der Waals surface area contributed by atoms with Gasteiger partial charge in [0.1, 0.15) is 5.69 Å². The first-order chi connectivity index (χ1) is 12.5. The molecule has 0 N–H and O–H groups in total. The molecule has 1 heterocycles. The molecule has 0 radical (unpaired) electrons. The fourth-order valence-electron chi connectivity index (χ4n) is 3.33. The van der Waals surface area contributed by atoms with Gasteiger partial charge in [0.25, 0.3) is 0 Å². The summed E-state index contributed by atoms with van der Waals surface area (Å²) in [5, 5.41) is 9.05. The van der Waals surface area contributed by atoms with Crippen molar-refractivity contribution in [3.05, 3.63) is 59.7 Å². The minimum atomic E-state index is 0.0106. The van der Waals surface area contributed by atoms with Gasteiger partial charge in [0.2, 0.25) is 0 Å². The summed E-state index contributed by atoms with van der Waals surface area (Å²) in [4.78, 5) is 0. The maximum Gasteiger partial charge on any atom is 0.121 e. The molecular weight excluding hydrogens is 322 g/mol. The van der Waals surface area contributed by atoms with Gasteiger partial charge in [-0.3, -0.25) is 0 Å². The predicted molar refractivity (Wildman–Crippen MR) is 106 cm³/mol. The molecule has 4 heteroatoms. The smallest absolute Gasteiger partial charge is 0.121 e. The summed E-state index contributed by atoms with van der Waals surface area (Å²) in [7, 11) is 0. The first kappa shape index (κ1) is 18.3. The van der Waals surface area contributed by atoms with E-state index >= 15 is 0 Å². The second kappa shape index (κ2) is 7.83. The zero-order chi connectivity index (χ0) is 18.7. The van der Waals surface area contributed by atoms with E-state index in [0.717, 1.165) is 28.1 Å². The molecule has 26 heavy (non-hydrogen) atoms. The van der Waals surface area contributed by atoms with E-state index in [2.05, 4.69) is 86.5 Å². The van der Waals surface area contributed by atoms with Crippen LogP contribution in [0, 0.1) is 6.92 Å². The largest absolute Gasteiger partial charge is 0.374 e. The van der Waals surface area contributed by atoms with Gasteiger partial charge in [-0.15, -0.1) is 5.10 Å². The molecule has 0 spiro atoms. The van der Waals surface area contributed by atoms with Crippen LogP contribution >= 0.6 is 0 Å². The van der Waals surface area contributed by atoms with E-state index < -0.39 is 0 Å². The van der Waals surface area contributed by atoms with Crippen molar-refractivity contribution in [2.75, 3.05) is 6.61 Å². The van der Waals surface area contributed by atoms with Crippen LogP contribution in [0.25, 0.3) is 22.5 Å². The zero-order valence-electron chi connectivity index (χ0n) is 16.2. The molecular formula is C22H27N3O. The number of aromatic nitrogens is 3. The molecule has 0 saturated heterocycles. The highest BCUT2D eigenvalue weighted by Crippen LogP contribution is 2.37. The van der Waals surface area contributed by atoms with E-state index in [0.29, 0.717) is 6.61 Å². The van der Waals surface area contributed by atoms with Crippen LogP contribution < -0.4 is 0 Å². The van der Waals surface area contributed by atoms with E-state index in [9.17, 15) is 0 Å². The lowest BCUT2D eigenvalue weighted by Gasteiger charge is -2.19. The Kier molecular flexibility index (Phi) is 5.52. The average Bonchev–Trinajstić information content (AvgIpc) is 3.07. The van der Waals surface area contributed by atoms with Crippen molar-refractivity contribution in [2.24, 2.45) is 0 Å². The van der Waals surface area contributed by atoms with Crippen molar-refractivity contribution >= 4 is 0 Å². The van der Waals surface area contributed by atoms with Crippen molar-refractivity contribution in [1.29, 1.82) is 0 Å². The Hall–Kier alpha value is -2.46. The maximum atomic E-state index is 5.89. The highest BCUT2D eigenvalue weighted by Gasteiger charge is 2.23. The van der Waals surface area contributed by atoms with Crippen LogP contribution in [0.3, 0.4) is 0 Å². The van der Waals surface area contributed by atoms with Crippen LogP contribution in [0.15, 0.2) is 48.5 Å². The van der Waals surface area contributed by atoms with Crippen molar-refractivity contribution in [3.63, 3.8) is 0 Å². The molecule has 3 rings (SSSR count). The lowest BCUT2D eigenvalue weighted by molar-refractivity contribution is 0.0767. The lowest BCUT2D eigenvalue weighted by atomic mass is 9.95. The summed E-state index contributed by atoms with van der Waals surface area (Å²) in [6.07, 6.45) is 0.0106. The highest BCUT2D eigenvalue weighted by atomic mass is 16.5. The quantitative estimate of drug-likeness (QED) is 0.581. The SMILES string of the molecule is CCOC(C)c1ccccc1-c1c(-c2ccccc2C)nnn1C(C)C. The number of nitrogens with zero attached hydrogens (tertiary/aromatic N) is 3. The topological polar surface area (TPSA) is 39.9 Å². The van der Waals surface area contributed by atoms with E-state index in [1.165, 1.54) is 5.56 Å². The van der Waals surface area contributed by atoms with Gasteiger partial charge in [-0.25, -0.2) is 4.68 Å². The summed E-state index contributed by atoms with van der Waals surface area (Å²) < 4.78 is 7.90. The fraction of sp³-hybridized carbons (Fsp3) is 0.364. The summed E-state index contributed by atoms with van der Waals surface area (Å²) in [6.45, 7) is 11.2. The van der Waals surface area contributed by atoms with Crippen LogP contribution in [0.1, 0.15) is 51.0 Å². The molecule has 0 fully saturated rings. The van der Waals surface area contributed by atoms with Crippen molar-refractivity contribution < 1.29 is 4.74 Å². The molecule has 1 atom stereocenters. The Labute approximate surface area is 155 Å². The van der Waals surface area contributed by atoms with E-state index in [-0.39, 0.29) is 12.1 Å². The van der Waals surface area contributed by atoms with Gasteiger partial charge in [-0.2, -0.15) is 0 Å². The van der Waals surface area contributed by atoms with Crippen LogP contribution in [0.5, 0.6) is 0 Å². The molecule has 0 aliphatic heterocycles. The number of hydrogen-bond donors (Lipinski definition) is 0. The second-order valence-corrected chi connectivity index (χ2v) is 6.82. The second-order valence-electron chi connectivity index (χ2n) is 6.82. The third kappa shape index (κ3) is 3.42. The van der Waals surface area contributed by atoms with E-state index in [1.807, 2.05) is 11.6 Å². The maximum absolute atomic E-state index is 5.89. The van der Waals surface area contributed by atoms with Gasteiger partial charge < -0.3 is 4.74 Å². The summed E-state index contributed by atoms with van der Waals surface area (Å²) >= 11 is 0. The van der Waals surface area contributed by atoms with E-state index in [4.69, 9.17) is 4.74 Å². The summed E-state index contributed by atoms with van der Waals surface area (Å²) in [6, 6.07) is 16.9. The molecule has 0 saturated carbocycles. The minimum absolute atomic E-state index is 0.0106. The van der Waals surface area contributed by atoms with Crippen LogP contribution in [-0.4, -0.2) is 21.6 Å². The molecule has 1 aromatic heterocycles. The molecule has 136 valence electrons. The summed E-state index contributed by atoms with van der Waals surface area (Å²) in [5.74, 6) is 0. The van der Waals surface area contributed by atoms with Gasteiger partial charge in [0, 0.05) is 23.8 Å². The third-order valence-corrected chi connectivity index (χ3v) is 4.65. The molecule has 2 aromatic carbocycles. The van der Waals surface area contributed by atoms with Crippen LogP contribution in [0.2, 0.25) is 0 Å². The van der Waals surface area contributed by atoms with Crippen molar-refractivity contribution in [2.45, 2.75) is 46.8 Å². The monoisotopic (exact) mass is 349 g/mol. The normalized spacial score (nSPS) is 12.5. The van der Waals surface area contributed by atoms with Crippen LogP contribution in [0.4, 0.5) is 0 Å². The number of hydrogen-bond acceptors (Lipinski definition) is 3. The lowest BCUT2D eigenvalue weighted by Crippen LogP contribution is -2.08. The fourth-order valence-corrected chi connectivity index (χ4v) is 3.33. The van der Waals surface area contributed by atoms with Crippen molar-refractivity contribution in [3.8, 4) is 22.5 Å². The zero-order valence-corrected chi connectivity index (χ0v) is 16.2. The minimum Gasteiger partial charge on any atom is -0.374 e. The van der Waals surface area contributed by atoms with Gasteiger partial charge >= 0.3 is 0 Å². The van der Waals surface area contributed by atoms with Gasteiger partial charge in [0.05, 0.1) is 11.8 Å². The molecule has 1 unspecified atom stereocenters. The summed E-state index contributed by atoms with van der Waals surface area (Å²) in [5.41, 5.74) is 6.58. The Bertz CT molecular complexity index is 883. The number of rotatable bonds is 6. The van der Waals surface area contributed by atoms with Crippen LogP contribution in [-0.2, 0) is 4.74 Å². The molecule has 0 bridgehead atoms. The Morgan fingerprint density at radius 3 is 2.27 bits per heavy atom. The standard InChI is InChI=1S/C22H27N3O/c1-6-26-17(5)19-13-9-10-14-20(19)22-21(23-24-25(22)15(2)3)18-12-8-7-11-16(18)4/h7-15,17H,6H2,1-5H3. The highest BCUT2D eigenvalue weighted by molar-refractivity contribution is 5.81. The van der Waals surface area contributed by atoms with Crippen molar-refractivity contribution in [1.82, 2.24) is 15.0 Å². The molecule has 4 nitrogen and oxygen atoms in total. The third-order valence-electron chi connectivity index (χ3n) is 4.65. The first-order valence-electron chi connectivity index (χ1n) is 9.26. The first-order valence-corrected chi connectivity index (χ1v) is 9.26. The van der Waals surface area contributed by atoms with Gasteiger partial charge in [0.15, 0.2) is 0 Å². The number of ether oxygens (including phenoxy) is 1. The Morgan fingerprint density at radius 1 is 0.962 bits per heavy atom. The average molecular weight is 349 g/mol. The van der Waals surface area contributed by atoms with Gasteiger partial charge in [-0.1, -0.05) is 53.7 Å². The van der Waals surface area contributed by atoms with E-state index in [1.54, 1.807) is 0 Å². The molecule has 3 aromatic rings. The molecule has 0 amide bonds. The van der Waals surface area contributed by atoms with Gasteiger partial charge in [-0.05, 0) is 45.7 Å². The number of aryl methyl sites for hydroxylation is 1.